The average molecular weight is 312 g/mol. The van der Waals surface area contributed by atoms with E-state index in [9.17, 15) is 4.79 Å². The zero-order chi connectivity index (χ0) is 16.1. The van der Waals surface area contributed by atoms with Crippen molar-refractivity contribution in [2.75, 3.05) is 13.2 Å². The summed E-state index contributed by atoms with van der Waals surface area (Å²) < 4.78 is 5.82. The second-order valence-electron chi connectivity index (χ2n) is 6.77. The fourth-order valence-corrected chi connectivity index (χ4v) is 3.66. The number of nitrogens with one attached hydrogen (secondary N) is 1. The lowest BCUT2D eigenvalue weighted by atomic mass is 9.85. The highest BCUT2D eigenvalue weighted by atomic mass is 16.5. The lowest BCUT2D eigenvalue weighted by Crippen LogP contribution is -2.50. The number of nitrogens with zero attached hydrogens (tertiary/aromatic N) is 1. The van der Waals surface area contributed by atoms with Gasteiger partial charge in [0.15, 0.2) is 0 Å². The van der Waals surface area contributed by atoms with Crippen LogP contribution in [0.3, 0.4) is 0 Å². The Morgan fingerprint density at radius 2 is 2.13 bits per heavy atom. The van der Waals surface area contributed by atoms with E-state index in [1.54, 1.807) is 6.07 Å². The van der Waals surface area contributed by atoms with Crippen LogP contribution < -0.4 is 5.32 Å². The summed E-state index contributed by atoms with van der Waals surface area (Å²) in [7, 11) is 0. The van der Waals surface area contributed by atoms with Crippen molar-refractivity contribution in [3.05, 3.63) is 35.4 Å². The van der Waals surface area contributed by atoms with E-state index in [0.717, 1.165) is 12.0 Å². The van der Waals surface area contributed by atoms with E-state index in [-0.39, 0.29) is 5.91 Å². The first-order chi connectivity index (χ1) is 11.2. The molecule has 1 saturated heterocycles. The Morgan fingerprint density at radius 3 is 2.78 bits per heavy atom. The van der Waals surface area contributed by atoms with Crippen LogP contribution in [0, 0.1) is 17.2 Å². The predicted octanol–water partition coefficient (Wildman–Crippen LogP) is 3.26. The van der Waals surface area contributed by atoms with Gasteiger partial charge in [0, 0.05) is 12.8 Å². The van der Waals surface area contributed by atoms with Crippen LogP contribution >= 0.6 is 0 Å². The van der Waals surface area contributed by atoms with Gasteiger partial charge in [0.05, 0.1) is 24.8 Å². The molecule has 1 heterocycles. The van der Waals surface area contributed by atoms with Crippen LogP contribution in [-0.2, 0) is 15.1 Å². The Morgan fingerprint density at radius 1 is 1.35 bits per heavy atom. The topological polar surface area (TPSA) is 62.1 Å². The fourth-order valence-electron chi connectivity index (χ4n) is 3.66. The Bertz CT molecular complexity index is 596. The normalized spacial score (nSPS) is 24.5. The second kappa shape index (κ2) is 7.14. The van der Waals surface area contributed by atoms with Gasteiger partial charge in [0.25, 0.3) is 0 Å². The minimum Gasteiger partial charge on any atom is -0.368 e. The van der Waals surface area contributed by atoms with Crippen molar-refractivity contribution in [2.24, 2.45) is 5.92 Å². The molecule has 1 aliphatic heterocycles. The standard InChI is InChI=1S/C19H24N2O2/c20-13-16-7-4-8-17(11-16)19(9-10-23-19)14-21-18(22)12-15-5-2-1-3-6-15/h4,7-8,11,15H,1-3,5-6,9-10,12,14H2,(H,21,22)/t19-/m1/s1. The maximum absolute atomic E-state index is 12.2. The molecule has 0 aromatic heterocycles. The minimum atomic E-state index is -0.449. The molecule has 1 N–H and O–H groups in total. The quantitative estimate of drug-likeness (QED) is 0.907. The third kappa shape index (κ3) is 3.73. The number of rotatable bonds is 5. The van der Waals surface area contributed by atoms with Gasteiger partial charge in [0.1, 0.15) is 5.60 Å². The van der Waals surface area contributed by atoms with Crippen molar-refractivity contribution in [2.45, 2.75) is 50.5 Å². The molecule has 4 nitrogen and oxygen atoms in total. The van der Waals surface area contributed by atoms with Crippen LogP contribution in [0.25, 0.3) is 0 Å². The Balaban J connectivity index is 1.58. The van der Waals surface area contributed by atoms with Crippen molar-refractivity contribution in [1.82, 2.24) is 5.32 Å². The van der Waals surface area contributed by atoms with Crippen LogP contribution in [0.5, 0.6) is 0 Å². The summed E-state index contributed by atoms with van der Waals surface area (Å²) in [6.45, 7) is 1.20. The van der Waals surface area contributed by atoms with E-state index in [1.807, 2.05) is 18.2 Å². The second-order valence-corrected chi connectivity index (χ2v) is 6.77. The molecular weight excluding hydrogens is 288 g/mol. The summed E-state index contributed by atoms with van der Waals surface area (Å²) in [5, 5.41) is 12.1. The summed E-state index contributed by atoms with van der Waals surface area (Å²) in [5.74, 6) is 0.673. The average Bonchev–Trinajstić information content (AvgIpc) is 2.55. The summed E-state index contributed by atoms with van der Waals surface area (Å²) in [4.78, 5) is 12.2. The third-order valence-electron chi connectivity index (χ3n) is 5.17. The molecule has 1 aromatic carbocycles. The van der Waals surface area contributed by atoms with Gasteiger partial charge in [0.2, 0.25) is 5.91 Å². The van der Waals surface area contributed by atoms with E-state index < -0.39 is 5.60 Å². The number of benzene rings is 1. The molecule has 1 aromatic rings. The molecule has 0 radical (unpaired) electrons. The lowest BCUT2D eigenvalue weighted by molar-refractivity contribution is -0.155. The van der Waals surface area contributed by atoms with Gasteiger partial charge in [-0.3, -0.25) is 4.79 Å². The Hall–Kier alpha value is -1.86. The Kier molecular flexibility index (Phi) is 4.97. The highest BCUT2D eigenvalue weighted by molar-refractivity contribution is 5.76. The van der Waals surface area contributed by atoms with E-state index in [4.69, 9.17) is 10.00 Å². The molecule has 2 aliphatic rings. The highest BCUT2D eigenvalue weighted by Gasteiger charge is 2.40. The molecule has 1 atom stereocenters. The molecule has 2 fully saturated rings. The molecule has 1 amide bonds. The maximum atomic E-state index is 12.2. The van der Waals surface area contributed by atoms with Gasteiger partial charge in [-0.2, -0.15) is 5.26 Å². The molecule has 3 rings (SSSR count). The summed E-state index contributed by atoms with van der Waals surface area (Å²) in [6, 6.07) is 9.68. The monoisotopic (exact) mass is 312 g/mol. The van der Waals surface area contributed by atoms with Gasteiger partial charge in [-0.15, -0.1) is 0 Å². The summed E-state index contributed by atoms with van der Waals surface area (Å²) >= 11 is 0. The SMILES string of the molecule is N#Cc1cccc([C@]2(CNC(=O)CC3CCCCC3)CCO2)c1. The van der Waals surface area contributed by atoms with Crippen LogP contribution in [0.1, 0.15) is 56.1 Å². The van der Waals surface area contributed by atoms with Gasteiger partial charge in [-0.05, 0) is 36.5 Å². The minimum absolute atomic E-state index is 0.128. The maximum Gasteiger partial charge on any atom is 0.220 e. The number of carbonyl (C=O) groups is 1. The molecule has 0 bridgehead atoms. The highest BCUT2D eigenvalue weighted by Crippen LogP contribution is 2.37. The van der Waals surface area contributed by atoms with Crippen molar-refractivity contribution in [3.63, 3.8) is 0 Å². The van der Waals surface area contributed by atoms with Gasteiger partial charge in [-0.25, -0.2) is 0 Å². The zero-order valence-corrected chi connectivity index (χ0v) is 13.5. The number of carbonyl (C=O) groups excluding carboxylic acids is 1. The molecule has 122 valence electrons. The van der Waals surface area contributed by atoms with E-state index in [2.05, 4.69) is 11.4 Å². The van der Waals surface area contributed by atoms with E-state index in [0.29, 0.717) is 31.1 Å². The number of hydrogen-bond donors (Lipinski definition) is 1. The molecule has 1 saturated carbocycles. The molecule has 1 aliphatic carbocycles. The van der Waals surface area contributed by atoms with E-state index >= 15 is 0 Å². The molecule has 4 heteroatoms. The van der Waals surface area contributed by atoms with Crippen molar-refractivity contribution < 1.29 is 9.53 Å². The van der Waals surface area contributed by atoms with Crippen molar-refractivity contribution in [1.29, 1.82) is 5.26 Å². The number of amides is 1. The largest absolute Gasteiger partial charge is 0.368 e. The first kappa shape index (κ1) is 16.0. The smallest absolute Gasteiger partial charge is 0.220 e. The first-order valence-electron chi connectivity index (χ1n) is 8.63. The lowest BCUT2D eigenvalue weighted by Gasteiger charge is -2.42. The fraction of sp³-hybridized carbons (Fsp3) is 0.579. The summed E-state index contributed by atoms with van der Waals surface area (Å²) in [5.41, 5.74) is 1.17. The van der Waals surface area contributed by atoms with Gasteiger partial charge >= 0.3 is 0 Å². The number of hydrogen-bond acceptors (Lipinski definition) is 3. The first-order valence-corrected chi connectivity index (χ1v) is 8.63. The van der Waals surface area contributed by atoms with Crippen LogP contribution in [0.2, 0.25) is 0 Å². The number of nitriles is 1. The molecule has 0 unspecified atom stereocenters. The molecule has 0 spiro atoms. The zero-order valence-electron chi connectivity index (χ0n) is 13.5. The Labute approximate surface area is 137 Å². The van der Waals surface area contributed by atoms with E-state index in [1.165, 1.54) is 32.1 Å². The van der Waals surface area contributed by atoms with Crippen molar-refractivity contribution in [3.8, 4) is 6.07 Å². The van der Waals surface area contributed by atoms with Crippen molar-refractivity contribution >= 4 is 5.91 Å². The predicted molar refractivity (Wildman–Crippen MR) is 87.6 cm³/mol. The number of ether oxygens (including phenoxy) is 1. The third-order valence-corrected chi connectivity index (χ3v) is 5.17. The molecular formula is C19H24N2O2. The summed E-state index contributed by atoms with van der Waals surface area (Å²) in [6.07, 6.45) is 7.70. The van der Waals surface area contributed by atoms with Crippen LogP contribution in [0.4, 0.5) is 0 Å². The molecule has 23 heavy (non-hydrogen) atoms. The van der Waals surface area contributed by atoms with Gasteiger partial charge < -0.3 is 10.1 Å². The van der Waals surface area contributed by atoms with Crippen LogP contribution in [0.15, 0.2) is 24.3 Å². The van der Waals surface area contributed by atoms with Gasteiger partial charge in [-0.1, -0.05) is 31.4 Å². The van der Waals surface area contributed by atoms with Crippen LogP contribution in [-0.4, -0.2) is 19.1 Å².